The van der Waals surface area contributed by atoms with E-state index in [1.807, 2.05) is 0 Å². The Kier molecular flexibility index (Phi) is 3.08. The van der Waals surface area contributed by atoms with Crippen molar-refractivity contribution in [3.63, 3.8) is 0 Å². The molecule has 0 radical (unpaired) electrons. The summed E-state index contributed by atoms with van der Waals surface area (Å²) in [6.45, 7) is 0. The third-order valence-corrected chi connectivity index (χ3v) is 3.08. The van der Waals surface area contributed by atoms with E-state index >= 15 is 0 Å². The molecule has 0 bridgehead atoms. The van der Waals surface area contributed by atoms with Gasteiger partial charge in [0.2, 0.25) is 6.33 Å². The lowest BCUT2D eigenvalue weighted by molar-refractivity contribution is -0.390. The zero-order valence-electron chi connectivity index (χ0n) is 9.20. The Labute approximate surface area is 97.2 Å². The molecule has 0 amide bonds. The first-order valence-electron chi connectivity index (χ1n) is 5.51. The molecule has 1 unspecified atom stereocenters. The van der Waals surface area contributed by atoms with Gasteiger partial charge in [0.25, 0.3) is 0 Å². The molecular weight excluding hydrogens is 226 g/mol. The van der Waals surface area contributed by atoms with Crippen LogP contribution in [-0.2, 0) is 11.2 Å². The van der Waals surface area contributed by atoms with Gasteiger partial charge in [0.05, 0.1) is 0 Å². The molecule has 1 aromatic heterocycles. The molecule has 0 saturated heterocycles. The van der Waals surface area contributed by atoms with E-state index in [2.05, 4.69) is 4.98 Å². The fourth-order valence-electron chi connectivity index (χ4n) is 2.30. The molecule has 7 heteroatoms. The van der Waals surface area contributed by atoms with Crippen molar-refractivity contribution in [2.24, 2.45) is 0 Å². The molecule has 0 aromatic carbocycles. The van der Waals surface area contributed by atoms with Crippen molar-refractivity contribution in [2.75, 3.05) is 0 Å². The van der Waals surface area contributed by atoms with Crippen LogP contribution in [0.15, 0.2) is 6.33 Å². The minimum absolute atomic E-state index is 0.0241. The summed E-state index contributed by atoms with van der Waals surface area (Å²) < 4.78 is 1.77. The number of imidazole rings is 1. The first kappa shape index (κ1) is 11.6. The quantitative estimate of drug-likeness (QED) is 0.634. The number of nitrogens with zero attached hydrogens (tertiary/aromatic N) is 3. The van der Waals surface area contributed by atoms with Gasteiger partial charge >= 0.3 is 11.8 Å². The fourth-order valence-corrected chi connectivity index (χ4v) is 2.30. The van der Waals surface area contributed by atoms with E-state index in [0.29, 0.717) is 18.5 Å². The number of carboxylic acids is 1. The van der Waals surface area contributed by atoms with Crippen LogP contribution in [0.2, 0.25) is 0 Å². The van der Waals surface area contributed by atoms with Crippen molar-refractivity contribution in [3.05, 3.63) is 22.1 Å². The molecule has 0 saturated carbocycles. The normalized spacial score (nSPS) is 18.7. The summed E-state index contributed by atoms with van der Waals surface area (Å²) in [6, 6.07) is 0.0241. The first-order valence-corrected chi connectivity index (χ1v) is 5.51. The van der Waals surface area contributed by atoms with Gasteiger partial charge in [-0.15, -0.1) is 0 Å². The van der Waals surface area contributed by atoms with Gasteiger partial charge in [0.1, 0.15) is 5.69 Å². The Morgan fingerprint density at radius 1 is 1.71 bits per heavy atom. The highest BCUT2D eigenvalue weighted by Crippen LogP contribution is 2.32. The smallest absolute Gasteiger partial charge is 0.384 e. The molecule has 1 aliphatic heterocycles. The van der Waals surface area contributed by atoms with Crippen molar-refractivity contribution in [1.82, 2.24) is 9.55 Å². The Morgan fingerprint density at radius 3 is 3.12 bits per heavy atom. The standard InChI is InChI=1S/C10H13N3O4/c14-9(15)5-4-7-2-1-3-8-10(13(16)17)11-6-12(7)8/h6-7H,1-5H2,(H,14,15). The first-order chi connectivity index (χ1) is 8.09. The predicted octanol–water partition coefficient (Wildman–Crippen LogP) is 1.53. The van der Waals surface area contributed by atoms with Crippen LogP contribution in [0, 0.1) is 10.1 Å². The van der Waals surface area contributed by atoms with E-state index in [9.17, 15) is 14.9 Å². The number of fused-ring (bicyclic) bond motifs is 1. The van der Waals surface area contributed by atoms with Crippen molar-refractivity contribution in [3.8, 4) is 0 Å². The van der Waals surface area contributed by atoms with Gasteiger partial charge in [-0.25, -0.2) is 0 Å². The second-order valence-electron chi connectivity index (χ2n) is 4.16. The highest BCUT2D eigenvalue weighted by molar-refractivity contribution is 5.66. The van der Waals surface area contributed by atoms with Gasteiger partial charge in [0, 0.05) is 12.5 Å². The minimum atomic E-state index is -0.841. The molecule has 0 fully saturated rings. The topological polar surface area (TPSA) is 98.3 Å². The molecular formula is C10H13N3O4. The average molecular weight is 239 g/mol. The average Bonchev–Trinajstić information content (AvgIpc) is 2.70. The number of hydrogen-bond acceptors (Lipinski definition) is 4. The Balaban J connectivity index is 2.20. The zero-order chi connectivity index (χ0) is 12.4. The highest BCUT2D eigenvalue weighted by atomic mass is 16.6. The number of rotatable bonds is 4. The molecule has 1 aromatic rings. The molecule has 1 atom stereocenters. The van der Waals surface area contributed by atoms with Gasteiger partial charge < -0.3 is 19.8 Å². The number of carboxylic acid groups (broad SMARTS) is 1. The van der Waals surface area contributed by atoms with Crippen molar-refractivity contribution < 1.29 is 14.8 Å². The zero-order valence-corrected chi connectivity index (χ0v) is 9.20. The monoisotopic (exact) mass is 239 g/mol. The van der Waals surface area contributed by atoms with Crippen molar-refractivity contribution >= 4 is 11.8 Å². The van der Waals surface area contributed by atoms with E-state index in [0.717, 1.165) is 12.8 Å². The molecule has 0 spiro atoms. The van der Waals surface area contributed by atoms with Crippen LogP contribution < -0.4 is 0 Å². The van der Waals surface area contributed by atoms with Crippen LogP contribution in [0.4, 0.5) is 5.82 Å². The molecule has 1 aliphatic rings. The lowest BCUT2D eigenvalue weighted by atomic mass is 9.99. The maximum Gasteiger partial charge on any atom is 0.384 e. The van der Waals surface area contributed by atoms with Gasteiger partial charge in [-0.2, -0.15) is 0 Å². The highest BCUT2D eigenvalue weighted by Gasteiger charge is 2.29. The fraction of sp³-hybridized carbons (Fsp3) is 0.600. The van der Waals surface area contributed by atoms with Crippen molar-refractivity contribution in [2.45, 2.75) is 38.1 Å². The summed E-state index contributed by atoms with van der Waals surface area (Å²) in [5.41, 5.74) is 0.622. The predicted molar refractivity (Wildman–Crippen MR) is 57.7 cm³/mol. The summed E-state index contributed by atoms with van der Waals surface area (Å²) in [6.07, 6.45) is 4.37. The number of nitro groups is 1. The summed E-state index contributed by atoms with van der Waals surface area (Å²) >= 11 is 0. The SMILES string of the molecule is O=C(O)CCC1CCCc2c([N+](=O)[O-])ncn21. The Bertz CT molecular complexity index is 454. The second-order valence-corrected chi connectivity index (χ2v) is 4.16. The molecule has 2 rings (SSSR count). The van der Waals surface area contributed by atoms with Crippen molar-refractivity contribution in [1.29, 1.82) is 0 Å². The number of aromatic nitrogens is 2. The summed E-state index contributed by atoms with van der Waals surface area (Å²) in [4.78, 5) is 24.6. The minimum Gasteiger partial charge on any atom is -0.481 e. The molecule has 2 heterocycles. The van der Waals surface area contributed by atoms with E-state index in [-0.39, 0.29) is 18.3 Å². The van der Waals surface area contributed by atoms with Gasteiger partial charge in [-0.3, -0.25) is 4.79 Å². The van der Waals surface area contributed by atoms with Crippen LogP contribution in [0.1, 0.15) is 37.4 Å². The van der Waals surface area contributed by atoms with Crippen LogP contribution >= 0.6 is 0 Å². The van der Waals surface area contributed by atoms with Gasteiger partial charge in [0.15, 0.2) is 0 Å². The van der Waals surface area contributed by atoms with Gasteiger partial charge in [-0.05, 0) is 35.6 Å². The molecule has 17 heavy (non-hydrogen) atoms. The molecule has 1 N–H and O–H groups in total. The van der Waals surface area contributed by atoms with Crippen LogP contribution in [0.5, 0.6) is 0 Å². The van der Waals surface area contributed by atoms with E-state index in [4.69, 9.17) is 5.11 Å². The van der Waals surface area contributed by atoms with Crippen LogP contribution in [0.25, 0.3) is 0 Å². The largest absolute Gasteiger partial charge is 0.481 e. The third kappa shape index (κ3) is 2.27. The Morgan fingerprint density at radius 2 is 2.47 bits per heavy atom. The Hall–Kier alpha value is -1.92. The number of aliphatic carboxylic acids is 1. The van der Waals surface area contributed by atoms with Crippen LogP contribution in [0.3, 0.4) is 0 Å². The number of carbonyl (C=O) groups is 1. The van der Waals surface area contributed by atoms with E-state index < -0.39 is 10.9 Å². The third-order valence-electron chi connectivity index (χ3n) is 3.08. The van der Waals surface area contributed by atoms with Crippen LogP contribution in [-0.4, -0.2) is 25.6 Å². The van der Waals surface area contributed by atoms with E-state index in [1.54, 1.807) is 4.57 Å². The van der Waals surface area contributed by atoms with E-state index in [1.165, 1.54) is 6.33 Å². The maximum atomic E-state index is 10.7. The maximum absolute atomic E-state index is 10.7. The summed E-state index contributed by atoms with van der Waals surface area (Å²) in [5.74, 6) is -0.934. The summed E-state index contributed by atoms with van der Waals surface area (Å²) in [7, 11) is 0. The lowest BCUT2D eigenvalue weighted by Crippen LogP contribution is -2.18. The van der Waals surface area contributed by atoms with Gasteiger partial charge in [-0.1, -0.05) is 0 Å². The summed E-state index contributed by atoms with van der Waals surface area (Å²) in [5, 5.41) is 19.4. The second kappa shape index (κ2) is 4.52. The molecule has 92 valence electrons. The number of hydrogen-bond donors (Lipinski definition) is 1. The molecule has 7 nitrogen and oxygen atoms in total. The lowest BCUT2D eigenvalue weighted by Gasteiger charge is -2.23. The molecule has 0 aliphatic carbocycles.